The van der Waals surface area contributed by atoms with E-state index in [0.717, 1.165) is 24.5 Å². The molecule has 2 rings (SSSR count). The largest absolute Gasteiger partial charge is 0.311 e. The number of nitrogens with one attached hydrogen (secondary N) is 1. The van der Waals surface area contributed by atoms with Gasteiger partial charge < -0.3 is 5.32 Å². The minimum atomic E-state index is 0.826. The second-order valence-corrected chi connectivity index (χ2v) is 5.21. The zero-order valence-electron chi connectivity index (χ0n) is 10.1. The van der Waals surface area contributed by atoms with Gasteiger partial charge in [-0.3, -0.25) is 0 Å². The van der Waals surface area contributed by atoms with Crippen molar-refractivity contribution in [3.8, 4) is 5.69 Å². The van der Waals surface area contributed by atoms with Gasteiger partial charge in [0.05, 0.1) is 11.4 Å². The van der Waals surface area contributed by atoms with Gasteiger partial charge >= 0.3 is 0 Å². The van der Waals surface area contributed by atoms with Crippen molar-refractivity contribution in [2.75, 3.05) is 6.54 Å². The van der Waals surface area contributed by atoms with E-state index in [2.05, 4.69) is 71.1 Å². The number of benzene rings is 1. The molecule has 17 heavy (non-hydrogen) atoms. The molecule has 1 N–H and O–H groups in total. The fourth-order valence-electron chi connectivity index (χ4n) is 1.67. The van der Waals surface area contributed by atoms with Gasteiger partial charge in [0.25, 0.3) is 0 Å². The summed E-state index contributed by atoms with van der Waals surface area (Å²) in [6.07, 6.45) is 2.02. The monoisotopic (exact) mass is 341 g/mol. The van der Waals surface area contributed by atoms with Crippen LogP contribution in [0.3, 0.4) is 0 Å². The van der Waals surface area contributed by atoms with Crippen molar-refractivity contribution < 1.29 is 0 Å². The molecule has 0 fully saturated rings. The first-order chi connectivity index (χ1) is 8.20. The molecule has 3 nitrogen and oxygen atoms in total. The van der Waals surface area contributed by atoms with Crippen LogP contribution in [0.4, 0.5) is 0 Å². The molecule has 0 unspecified atom stereocenters. The molecule has 0 aliphatic carbocycles. The molecule has 1 heterocycles. The van der Waals surface area contributed by atoms with Gasteiger partial charge in [0.1, 0.15) is 0 Å². The Morgan fingerprint density at radius 1 is 1.35 bits per heavy atom. The maximum absolute atomic E-state index is 4.57. The summed E-state index contributed by atoms with van der Waals surface area (Å²) >= 11 is 2.32. The molecule has 0 bridgehead atoms. The minimum absolute atomic E-state index is 0.826. The van der Waals surface area contributed by atoms with Gasteiger partial charge in [0.15, 0.2) is 0 Å². The van der Waals surface area contributed by atoms with E-state index in [0.29, 0.717) is 0 Å². The Bertz CT molecular complexity index is 505. The third-order valence-electron chi connectivity index (χ3n) is 2.62. The van der Waals surface area contributed by atoms with Crippen molar-refractivity contribution in [1.82, 2.24) is 15.1 Å². The molecule has 2 aromatic rings. The Balaban J connectivity index is 2.27. The summed E-state index contributed by atoms with van der Waals surface area (Å²) in [4.78, 5) is 0. The van der Waals surface area contributed by atoms with E-state index in [4.69, 9.17) is 0 Å². The van der Waals surface area contributed by atoms with Crippen LogP contribution >= 0.6 is 22.6 Å². The SMILES string of the molecule is CCNCc1ccn(-c2cc(I)ccc2C)n1. The highest BCUT2D eigenvalue weighted by Crippen LogP contribution is 2.17. The average molecular weight is 341 g/mol. The number of nitrogens with zero attached hydrogens (tertiary/aromatic N) is 2. The van der Waals surface area contributed by atoms with Gasteiger partial charge in [-0.15, -0.1) is 0 Å². The highest BCUT2D eigenvalue weighted by atomic mass is 127. The van der Waals surface area contributed by atoms with E-state index in [9.17, 15) is 0 Å². The van der Waals surface area contributed by atoms with Crippen molar-refractivity contribution in [3.63, 3.8) is 0 Å². The fraction of sp³-hybridized carbons (Fsp3) is 0.308. The van der Waals surface area contributed by atoms with E-state index in [-0.39, 0.29) is 0 Å². The summed E-state index contributed by atoms with van der Waals surface area (Å²) in [7, 11) is 0. The standard InChI is InChI=1S/C13H16IN3/c1-3-15-9-12-6-7-17(16-12)13-8-11(14)5-4-10(13)2/h4-8,15H,3,9H2,1-2H3. The predicted molar refractivity (Wildman–Crippen MR) is 78.4 cm³/mol. The van der Waals surface area contributed by atoms with Crippen LogP contribution in [0.25, 0.3) is 5.69 Å². The highest BCUT2D eigenvalue weighted by Gasteiger charge is 2.04. The number of aryl methyl sites for hydroxylation is 1. The topological polar surface area (TPSA) is 29.9 Å². The number of hydrogen-bond acceptors (Lipinski definition) is 2. The molecule has 0 saturated heterocycles. The molecule has 0 aliphatic heterocycles. The molecule has 4 heteroatoms. The lowest BCUT2D eigenvalue weighted by Gasteiger charge is -2.06. The molecule has 1 aromatic heterocycles. The Kier molecular flexibility index (Phi) is 4.17. The summed E-state index contributed by atoms with van der Waals surface area (Å²) in [5.74, 6) is 0. The smallest absolute Gasteiger partial charge is 0.0766 e. The Morgan fingerprint density at radius 2 is 2.18 bits per heavy atom. The van der Waals surface area contributed by atoms with E-state index < -0.39 is 0 Å². The number of halogens is 1. The molecular weight excluding hydrogens is 325 g/mol. The summed E-state index contributed by atoms with van der Waals surface area (Å²) in [6, 6.07) is 8.45. The molecule has 0 radical (unpaired) electrons. The molecule has 90 valence electrons. The summed E-state index contributed by atoms with van der Waals surface area (Å²) in [6.45, 7) is 6.00. The van der Waals surface area contributed by atoms with Crippen molar-refractivity contribution in [1.29, 1.82) is 0 Å². The highest BCUT2D eigenvalue weighted by molar-refractivity contribution is 14.1. The number of rotatable bonds is 4. The lowest BCUT2D eigenvalue weighted by Crippen LogP contribution is -2.12. The predicted octanol–water partition coefficient (Wildman–Crippen LogP) is 2.89. The maximum Gasteiger partial charge on any atom is 0.0766 e. The third kappa shape index (κ3) is 3.07. The Morgan fingerprint density at radius 3 is 2.94 bits per heavy atom. The zero-order chi connectivity index (χ0) is 12.3. The van der Waals surface area contributed by atoms with Crippen LogP contribution < -0.4 is 5.32 Å². The third-order valence-corrected chi connectivity index (χ3v) is 3.29. The Hall–Kier alpha value is -0.880. The van der Waals surface area contributed by atoms with Crippen LogP contribution in [0.1, 0.15) is 18.2 Å². The molecule has 0 saturated carbocycles. The lowest BCUT2D eigenvalue weighted by molar-refractivity contribution is 0.696. The van der Waals surface area contributed by atoms with Gasteiger partial charge in [-0.25, -0.2) is 4.68 Å². The second kappa shape index (κ2) is 5.64. The summed E-state index contributed by atoms with van der Waals surface area (Å²) in [5.41, 5.74) is 3.47. The first kappa shape index (κ1) is 12.6. The van der Waals surface area contributed by atoms with E-state index in [1.807, 2.05) is 10.9 Å². The fourth-order valence-corrected chi connectivity index (χ4v) is 2.15. The molecule has 0 atom stereocenters. The number of aromatic nitrogens is 2. The van der Waals surface area contributed by atoms with Crippen LogP contribution in [0.2, 0.25) is 0 Å². The van der Waals surface area contributed by atoms with E-state index in [1.165, 1.54) is 9.13 Å². The van der Waals surface area contributed by atoms with Gasteiger partial charge in [-0.2, -0.15) is 5.10 Å². The normalized spacial score (nSPS) is 10.8. The van der Waals surface area contributed by atoms with Crippen LogP contribution in [-0.4, -0.2) is 16.3 Å². The average Bonchev–Trinajstić information content (AvgIpc) is 2.78. The second-order valence-electron chi connectivity index (χ2n) is 3.96. The molecule has 0 amide bonds. The van der Waals surface area contributed by atoms with Crippen LogP contribution in [0.5, 0.6) is 0 Å². The lowest BCUT2D eigenvalue weighted by atomic mass is 10.2. The van der Waals surface area contributed by atoms with Gasteiger partial charge in [-0.1, -0.05) is 13.0 Å². The maximum atomic E-state index is 4.57. The first-order valence-electron chi connectivity index (χ1n) is 5.72. The zero-order valence-corrected chi connectivity index (χ0v) is 12.2. The molecule has 0 aliphatic rings. The van der Waals surface area contributed by atoms with E-state index in [1.54, 1.807) is 0 Å². The molecule has 1 aromatic carbocycles. The van der Waals surface area contributed by atoms with Crippen molar-refractivity contribution in [2.24, 2.45) is 0 Å². The van der Waals surface area contributed by atoms with E-state index >= 15 is 0 Å². The van der Waals surface area contributed by atoms with Gasteiger partial charge in [-0.05, 0) is 59.8 Å². The van der Waals surface area contributed by atoms with Gasteiger partial charge in [0.2, 0.25) is 0 Å². The molecular formula is C13H16IN3. The first-order valence-corrected chi connectivity index (χ1v) is 6.80. The van der Waals surface area contributed by atoms with Crippen LogP contribution in [0, 0.1) is 10.5 Å². The van der Waals surface area contributed by atoms with Crippen molar-refractivity contribution >= 4 is 22.6 Å². The van der Waals surface area contributed by atoms with Crippen LogP contribution in [0.15, 0.2) is 30.5 Å². The van der Waals surface area contributed by atoms with Crippen LogP contribution in [-0.2, 0) is 6.54 Å². The number of hydrogen-bond donors (Lipinski definition) is 1. The molecule has 0 spiro atoms. The van der Waals surface area contributed by atoms with Crippen molar-refractivity contribution in [3.05, 3.63) is 45.3 Å². The summed E-state index contributed by atoms with van der Waals surface area (Å²) < 4.78 is 3.18. The van der Waals surface area contributed by atoms with Gasteiger partial charge in [0, 0.05) is 16.3 Å². The summed E-state index contributed by atoms with van der Waals surface area (Å²) in [5, 5.41) is 7.85. The minimum Gasteiger partial charge on any atom is -0.311 e. The Labute approximate surface area is 115 Å². The quantitative estimate of drug-likeness (QED) is 0.867. The van der Waals surface area contributed by atoms with Crippen molar-refractivity contribution in [2.45, 2.75) is 20.4 Å².